The van der Waals surface area contributed by atoms with E-state index in [2.05, 4.69) is 15.6 Å². The lowest BCUT2D eigenvalue weighted by molar-refractivity contribution is -0.119. The molecule has 0 saturated heterocycles. The Balaban J connectivity index is 1.93. The van der Waals surface area contributed by atoms with Gasteiger partial charge in [-0.2, -0.15) is 0 Å². The quantitative estimate of drug-likeness (QED) is 0.859. The van der Waals surface area contributed by atoms with Gasteiger partial charge in [-0.25, -0.2) is 4.98 Å². The van der Waals surface area contributed by atoms with Crippen LogP contribution in [0, 0.1) is 6.92 Å². The molecule has 2 rings (SSSR count). The molecule has 1 amide bonds. The molecule has 0 aliphatic rings. The Hall–Kier alpha value is -1.92. The fourth-order valence-electron chi connectivity index (χ4n) is 1.71. The first-order valence-electron chi connectivity index (χ1n) is 6.21. The number of nitrogens with zero attached hydrogens (tertiary/aromatic N) is 1. The van der Waals surface area contributed by atoms with Crippen LogP contribution in [0.15, 0.2) is 30.5 Å². The van der Waals surface area contributed by atoms with Gasteiger partial charge in [0.1, 0.15) is 6.61 Å². The summed E-state index contributed by atoms with van der Waals surface area (Å²) in [6.07, 6.45) is 1.87. The van der Waals surface area contributed by atoms with Gasteiger partial charge in [0.15, 0.2) is 0 Å². The third-order valence-corrected chi connectivity index (χ3v) is 3.47. The summed E-state index contributed by atoms with van der Waals surface area (Å²) in [6, 6.07) is 7.58. The molecular weight excluding hydrogens is 274 g/mol. The Morgan fingerprint density at radius 3 is 2.90 bits per heavy atom. The van der Waals surface area contributed by atoms with Gasteiger partial charge in [0.25, 0.3) is 0 Å². The lowest BCUT2D eigenvalue weighted by Gasteiger charge is -2.08. The summed E-state index contributed by atoms with van der Waals surface area (Å²) in [7, 11) is 1.49. The highest BCUT2D eigenvalue weighted by Crippen LogP contribution is 2.18. The number of carbonyl (C=O) groups excluding carboxylic acids is 1. The van der Waals surface area contributed by atoms with Gasteiger partial charge in [-0.3, -0.25) is 4.79 Å². The zero-order chi connectivity index (χ0) is 14.4. The summed E-state index contributed by atoms with van der Waals surface area (Å²) in [5, 5.41) is 7.14. The number of nitrogens with one attached hydrogen (secondary N) is 2. The van der Waals surface area contributed by atoms with E-state index in [4.69, 9.17) is 4.74 Å². The topological polar surface area (TPSA) is 63.2 Å². The number of hydrogen-bond acceptors (Lipinski definition) is 5. The van der Waals surface area contributed by atoms with E-state index in [0.29, 0.717) is 0 Å². The van der Waals surface area contributed by atoms with Crippen molar-refractivity contribution in [2.45, 2.75) is 13.5 Å². The number of methoxy groups -OCH3 is 1. The van der Waals surface area contributed by atoms with Crippen LogP contribution in [0.25, 0.3) is 0 Å². The Kier molecular flexibility index (Phi) is 5.09. The van der Waals surface area contributed by atoms with Crippen molar-refractivity contribution in [2.75, 3.05) is 24.4 Å². The second-order valence-electron chi connectivity index (χ2n) is 4.26. The second kappa shape index (κ2) is 7.02. The van der Waals surface area contributed by atoms with Crippen molar-refractivity contribution in [1.29, 1.82) is 0 Å². The van der Waals surface area contributed by atoms with Gasteiger partial charge >= 0.3 is 0 Å². The van der Waals surface area contributed by atoms with Crippen molar-refractivity contribution >= 4 is 28.6 Å². The maximum absolute atomic E-state index is 11.4. The highest BCUT2D eigenvalue weighted by molar-refractivity contribution is 7.11. The summed E-state index contributed by atoms with van der Waals surface area (Å²) < 4.78 is 4.78. The first-order chi connectivity index (χ1) is 9.67. The predicted molar refractivity (Wildman–Crippen MR) is 81.1 cm³/mol. The van der Waals surface area contributed by atoms with Crippen LogP contribution in [0.1, 0.15) is 9.88 Å². The molecule has 0 aliphatic heterocycles. The summed E-state index contributed by atoms with van der Waals surface area (Å²) in [5.74, 6) is -0.164. The zero-order valence-corrected chi connectivity index (χ0v) is 12.3. The molecule has 20 heavy (non-hydrogen) atoms. The molecular formula is C14H17N3O2S. The monoisotopic (exact) mass is 291 g/mol. The summed E-state index contributed by atoms with van der Waals surface area (Å²) in [4.78, 5) is 16.8. The van der Waals surface area contributed by atoms with Crippen LogP contribution >= 0.6 is 11.3 Å². The van der Waals surface area contributed by atoms with Gasteiger partial charge in [0, 0.05) is 29.6 Å². The number of anilines is 2. The van der Waals surface area contributed by atoms with Crippen molar-refractivity contribution in [2.24, 2.45) is 0 Å². The minimum Gasteiger partial charge on any atom is -0.380 e. The normalized spacial score (nSPS) is 10.3. The van der Waals surface area contributed by atoms with E-state index < -0.39 is 0 Å². The number of rotatable bonds is 6. The molecule has 0 atom stereocenters. The van der Waals surface area contributed by atoms with E-state index in [9.17, 15) is 4.79 Å². The van der Waals surface area contributed by atoms with Gasteiger partial charge < -0.3 is 15.4 Å². The molecule has 0 unspecified atom stereocenters. The number of ether oxygens (including phenoxy) is 1. The molecule has 5 nitrogen and oxygen atoms in total. The van der Waals surface area contributed by atoms with E-state index in [-0.39, 0.29) is 12.5 Å². The largest absolute Gasteiger partial charge is 0.380 e. The third-order valence-electron chi connectivity index (χ3n) is 2.56. The average molecular weight is 291 g/mol. The van der Waals surface area contributed by atoms with Crippen molar-refractivity contribution < 1.29 is 9.53 Å². The van der Waals surface area contributed by atoms with Crippen LogP contribution in [-0.4, -0.2) is 24.6 Å². The number of aromatic nitrogens is 1. The second-order valence-corrected chi connectivity index (χ2v) is 5.58. The first kappa shape index (κ1) is 14.5. The highest BCUT2D eigenvalue weighted by Gasteiger charge is 2.03. The Morgan fingerprint density at radius 2 is 2.20 bits per heavy atom. The van der Waals surface area contributed by atoms with Crippen LogP contribution in [0.5, 0.6) is 0 Å². The van der Waals surface area contributed by atoms with Crippen LogP contribution in [0.2, 0.25) is 0 Å². The Labute approximate surface area is 122 Å². The number of carbonyl (C=O) groups is 1. The van der Waals surface area contributed by atoms with E-state index >= 15 is 0 Å². The lowest BCUT2D eigenvalue weighted by atomic mass is 10.2. The molecule has 0 bridgehead atoms. The van der Waals surface area contributed by atoms with Crippen LogP contribution < -0.4 is 10.6 Å². The Bertz CT molecular complexity index is 583. The van der Waals surface area contributed by atoms with Crippen LogP contribution in [-0.2, 0) is 16.1 Å². The number of benzene rings is 1. The molecule has 0 radical (unpaired) electrons. The third kappa shape index (κ3) is 4.32. The van der Waals surface area contributed by atoms with Gasteiger partial charge in [0.2, 0.25) is 5.91 Å². The number of amides is 1. The van der Waals surface area contributed by atoms with E-state index in [0.717, 1.165) is 22.9 Å². The molecule has 0 aliphatic carbocycles. The minimum atomic E-state index is -0.164. The minimum absolute atomic E-state index is 0.0534. The molecule has 1 aromatic heterocycles. The fraction of sp³-hybridized carbons (Fsp3) is 0.286. The van der Waals surface area contributed by atoms with Crippen LogP contribution in [0.3, 0.4) is 0 Å². The number of aryl methyl sites for hydroxylation is 1. The van der Waals surface area contributed by atoms with Crippen LogP contribution in [0.4, 0.5) is 11.4 Å². The summed E-state index contributed by atoms with van der Waals surface area (Å²) in [5.41, 5.74) is 1.70. The predicted octanol–water partition coefficient (Wildman–Crippen LogP) is 2.65. The molecule has 106 valence electrons. The molecule has 2 N–H and O–H groups in total. The molecule has 2 aromatic rings. The van der Waals surface area contributed by atoms with Crippen molar-refractivity contribution in [1.82, 2.24) is 4.98 Å². The van der Waals surface area contributed by atoms with Gasteiger partial charge in [-0.1, -0.05) is 6.07 Å². The fourth-order valence-corrected chi connectivity index (χ4v) is 2.45. The Morgan fingerprint density at radius 1 is 1.40 bits per heavy atom. The lowest BCUT2D eigenvalue weighted by Crippen LogP contribution is -2.17. The van der Waals surface area contributed by atoms with Gasteiger partial charge in [-0.15, -0.1) is 11.3 Å². The standard InChI is InChI=1S/C14H17N3O2S/c1-10-15-7-13(20-10)8-16-11-4-3-5-12(6-11)17-14(18)9-19-2/h3-7,16H,8-9H2,1-2H3,(H,17,18). The maximum atomic E-state index is 11.4. The molecule has 0 fully saturated rings. The van der Waals surface area contributed by atoms with E-state index in [1.54, 1.807) is 11.3 Å². The molecule has 6 heteroatoms. The van der Waals surface area contributed by atoms with Crippen molar-refractivity contribution in [3.63, 3.8) is 0 Å². The molecule has 1 heterocycles. The average Bonchev–Trinajstić information content (AvgIpc) is 2.83. The summed E-state index contributed by atoms with van der Waals surface area (Å²) >= 11 is 1.67. The first-order valence-corrected chi connectivity index (χ1v) is 7.03. The number of hydrogen-bond donors (Lipinski definition) is 2. The van der Waals surface area contributed by atoms with E-state index in [1.807, 2.05) is 37.4 Å². The summed E-state index contributed by atoms with van der Waals surface area (Å²) in [6.45, 7) is 2.76. The van der Waals surface area contributed by atoms with Crippen molar-refractivity contribution in [3.05, 3.63) is 40.3 Å². The highest BCUT2D eigenvalue weighted by atomic mass is 32.1. The SMILES string of the molecule is COCC(=O)Nc1cccc(NCc2cnc(C)s2)c1. The molecule has 0 spiro atoms. The molecule has 0 saturated carbocycles. The van der Waals surface area contributed by atoms with Crippen molar-refractivity contribution in [3.8, 4) is 0 Å². The molecule has 1 aromatic carbocycles. The zero-order valence-electron chi connectivity index (χ0n) is 11.5. The van der Waals surface area contributed by atoms with Gasteiger partial charge in [-0.05, 0) is 25.1 Å². The smallest absolute Gasteiger partial charge is 0.250 e. The number of thiazole rings is 1. The maximum Gasteiger partial charge on any atom is 0.250 e. The van der Waals surface area contributed by atoms with E-state index in [1.165, 1.54) is 12.0 Å². The van der Waals surface area contributed by atoms with Gasteiger partial charge in [0.05, 0.1) is 11.6 Å².